The van der Waals surface area contributed by atoms with Crippen LogP contribution in [0, 0.1) is 11.8 Å². The first-order valence-electron chi connectivity index (χ1n) is 4.96. The Labute approximate surface area is 76.4 Å². The molecule has 1 atom stereocenters. The fourth-order valence-electron chi connectivity index (χ4n) is 1.85. The zero-order valence-electron chi connectivity index (χ0n) is 8.56. The van der Waals surface area contributed by atoms with Crippen molar-refractivity contribution < 1.29 is 0 Å². The predicted molar refractivity (Wildman–Crippen MR) is 55.1 cm³/mol. The average Bonchev–Trinajstić information content (AvgIpc) is 2.04. The average molecular weight is 164 g/mol. The van der Waals surface area contributed by atoms with E-state index in [1.807, 2.05) is 0 Å². The highest BCUT2D eigenvalue weighted by molar-refractivity contribution is 5.27. The lowest BCUT2D eigenvalue weighted by atomic mass is 9.81. The van der Waals surface area contributed by atoms with E-state index in [-0.39, 0.29) is 0 Å². The molecule has 12 heavy (non-hydrogen) atoms. The maximum Gasteiger partial charge on any atom is -0.0277 e. The highest BCUT2D eigenvalue weighted by atomic mass is 14.2. The summed E-state index contributed by atoms with van der Waals surface area (Å²) in [5.41, 5.74) is 2.75. The topological polar surface area (TPSA) is 0 Å². The number of allylic oxidation sites excluding steroid dienone is 3. The van der Waals surface area contributed by atoms with Gasteiger partial charge in [0.05, 0.1) is 0 Å². The van der Waals surface area contributed by atoms with E-state index in [1.165, 1.54) is 30.4 Å². The van der Waals surface area contributed by atoms with Crippen molar-refractivity contribution in [2.75, 3.05) is 0 Å². The summed E-state index contributed by atoms with van der Waals surface area (Å²) in [7, 11) is 0. The molecule has 0 N–H and O–H groups in total. The van der Waals surface area contributed by atoms with Crippen molar-refractivity contribution in [3.8, 4) is 0 Å². The Morgan fingerprint density at radius 3 is 2.58 bits per heavy atom. The third-order valence-electron chi connectivity index (χ3n) is 2.94. The Kier molecular flexibility index (Phi) is 3.13. The fraction of sp³-hybridized carbons (Fsp3) is 0.667. The quantitative estimate of drug-likeness (QED) is 0.580. The van der Waals surface area contributed by atoms with Crippen molar-refractivity contribution in [3.63, 3.8) is 0 Å². The van der Waals surface area contributed by atoms with Gasteiger partial charge in [-0.1, -0.05) is 32.1 Å². The molecule has 0 nitrogen and oxygen atoms in total. The molecule has 0 fully saturated rings. The summed E-state index contributed by atoms with van der Waals surface area (Å²) in [5.74, 6) is 1.75. The molecule has 1 aliphatic rings. The molecule has 0 aromatic carbocycles. The van der Waals surface area contributed by atoms with Crippen molar-refractivity contribution in [3.05, 3.63) is 23.8 Å². The first kappa shape index (κ1) is 9.57. The minimum Gasteiger partial charge on any atom is -0.0958 e. The minimum atomic E-state index is 0.841. The molecule has 0 aromatic rings. The normalized spacial score (nSPS) is 24.0. The molecule has 0 heterocycles. The fourth-order valence-corrected chi connectivity index (χ4v) is 1.85. The van der Waals surface area contributed by atoms with Gasteiger partial charge < -0.3 is 0 Å². The lowest BCUT2D eigenvalue weighted by Crippen LogP contribution is -2.12. The largest absolute Gasteiger partial charge is 0.0958 e. The van der Waals surface area contributed by atoms with Gasteiger partial charge in [-0.2, -0.15) is 0 Å². The van der Waals surface area contributed by atoms with Gasteiger partial charge in [0.2, 0.25) is 0 Å². The van der Waals surface area contributed by atoms with Gasteiger partial charge in [-0.3, -0.25) is 0 Å². The number of rotatable bonds is 2. The van der Waals surface area contributed by atoms with Gasteiger partial charge in [-0.05, 0) is 43.6 Å². The molecular formula is C12H20. The molecule has 0 aromatic heterocycles. The Balaban J connectivity index is 2.53. The Morgan fingerprint density at radius 2 is 2.25 bits per heavy atom. The monoisotopic (exact) mass is 164 g/mol. The van der Waals surface area contributed by atoms with E-state index < -0.39 is 0 Å². The molecule has 0 bridgehead atoms. The second-order valence-corrected chi connectivity index (χ2v) is 4.29. The highest BCUT2D eigenvalue weighted by Crippen LogP contribution is 2.31. The second-order valence-electron chi connectivity index (χ2n) is 4.29. The van der Waals surface area contributed by atoms with Crippen molar-refractivity contribution in [2.45, 2.75) is 40.0 Å². The van der Waals surface area contributed by atoms with Crippen LogP contribution in [0.4, 0.5) is 0 Å². The van der Waals surface area contributed by atoms with E-state index in [1.54, 1.807) is 0 Å². The Bertz CT molecular complexity index is 196. The zero-order chi connectivity index (χ0) is 9.14. The van der Waals surface area contributed by atoms with Crippen molar-refractivity contribution in [1.82, 2.24) is 0 Å². The van der Waals surface area contributed by atoms with Gasteiger partial charge in [0.15, 0.2) is 0 Å². The predicted octanol–water partition coefficient (Wildman–Crippen LogP) is 3.95. The minimum absolute atomic E-state index is 0.841. The van der Waals surface area contributed by atoms with Crippen molar-refractivity contribution in [2.24, 2.45) is 11.8 Å². The van der Waals surface area contributed by atoms with Crippen LogP contribution >= 0.6 is 0 Å². The molecule has 0 radical (unpaired) electrons. The summed E-state index contributed by atoms with van der Waals surface area (Å²) in [4.78, 5) is 0. The summed E-state index contributed by atoms with van der Waals surface area (Å²) in [6.07, 6.45) is 6.25. The molecule has 0 amide bonds. The van der Waals surface area contributed by atoms with Crippen LogP contribution in [0.2, 0.25) is 0 Å². The third kappa shape index (κ3) is 2.23. The molecule has 1 unspecified atom stereocenters. The summed E-state index contributed by atoms with van der Waals surface area (Å²) < 4.78 is 0. The molecule has 0 spiro atoms. The standard InChI is InChI=1S/C12H20/c1-9(2)11-5-7-12(8-6-11)10(3)4/h5,10,12H,1,6-8H2,2-4H3. The maximum absolute atomic E-state index is 3.98. The van der Waals surface area contributed by atoms with E-state index in [2.05, 4.69) is 33.4 Å². The van der Waals surface area contributed by atoms with Crippen LogP contribution in [0.1, 0.15) is 40.0 Å². The summed E-state index contributed by atoms with van der Waals surface area (Å²) in [6.45, 7) is 10.7. The van der Waals surface area contributed by atoms with Crippen LogP contribution in [0.25, 0.3) is 0 Å². The van der Waals surface area contributed by atoms with Gasteiger partial charge >= 0.3 is 0 Å². The van der Waals surface area contributed by atoms with Crippen LogP contribution in [0.15, 0.2) is 23.8 Å². The lowest BCUT2D eigenvalue weighted by molar-refractivity contribution is 0.351. The van der Waals surface area contributed by atoms with Gasteiger partial charge in [0, 0.05) is 0 Å². The molecule has 0 saturated heterocycles. The van der Waals surface area contributed by atoms with Crippen LogP contribution in [0.3, 0.4) is 0 Å². The SMILES string of the molecule is C=C(C)C1=CCC(C(C)C)CC1. The Hall–Kier alpha value is -0.520. The van der Waals surface area contributed by atoms with E-state index in [0.29, 0.717) is 0 Å². The van der Waals surface area contributed by atoms with Gasteiger partial charge in [0.25, 0.3) is 0 Å². The van der Waals surface area contributed by atoms with Crippen LogP contribution in [0.5, 0.6) is 0 Å². The summed E-state index contributed by atoms with van der Waals surface area (Å²) >= 11 is 0. The van der Waals surface area contributed by atoms with Gasteiger partial charge in [-0.25, -0.2) is 0 Å². The van der Waals surface area contributed by atoms with Crippen molar-refractivity contribution in [1.29, 1.82) is 0 Å². The third-order valence-corrected chi connectivity index (χ3v) is 2.94. The zero-order valence-corrected chi connectivity index (χ0v) is 8.56. The lowest BCUT2D eigenvalue weighted by Gasteiger charge is -2.25. The van der Waals surface area contributed by atoms with E-state index >= 15 is 0 Å². The smallest absolute Gasteiger partial charge is 0.0277 e. The molecule has 1 aliphatic carbocycles. The van der Waals surface area contributed by atoms with E-state index in [4.69, 9.17) is 0 Å². The highest BCUT2D eigenvalue weighted by Gasteiger charge is 2.17. The molecule has 0 heteroatoms. The Morgan fingerprint density at radius 1 is 1.58 bits per heavy atom. The number of hydrogen-bond donors (Lipinski definition) is 0. The number of hydrogen-bond acceptors (Lipinski definition) is 0. The van der Waals surface area contributed by atoms with Gasteiger partial charge in [-0.15, -0.1) is 0 Å². The summed E-state index contributed by atoms with van der Waals surface area (Å²) in [5, 5.41) is 0. The molecule has 1 rings (SSSR count). The van der Waals surface area contributed by atoms with Gasteiger partial charge in [0.1, 0.15) is 0 Å². The first-order valence-corrected chi connectivity index (χ1v) is 4.96. The van der Waals surface area contributed by atoms with E-state index in [0.717, 1.165) is 11.8 Å². The molecular weight excluding hydrogens is 144 g/mol. The summed E-state index contributed by atoms with van der Waals surface area (Å²) in [6, 6.07) is 0. The van der Waals surface area contributed by atoms with Crippen LogP contribution < -0.4 is 0 Å². The first-order chi connectivity index (χ1) is 5.61. The molecule has 0 saturated carbocycles. The van der Waals surface area contributed by atoms with Crippen LogP contribution in [-0.4, -0.2) is 0 Å². The molecule has 0 aliphatic heterocycles. The molecule has 68 valence electrons. The second kappa shape index (κ2) is 3.93. The van der Waals surface area contributed by atoms with E-state index in [9.17, 15) is 0 Å². The maximum atomic E-state index is 3.98. The van der Waals surface area contributed by atoms with Crippen LogP contribution in [-0.2, 0) is 0 Å². The van der Waals surface area contributed by atoms with Crippen molar-refractivity contribution >= 4 is 0 Å².